The zero-order chi connectivity index (χ0) is 14.3. The molecule has 0 heterocycles. The molecule has 102 valence electrons. The minimum Gasteiger partial charge on any atom is -0.482 e. The number of rotatable bonds is 6. The molecule has 0 radical (unpaired) electrons. The number of anilines is 1. The quantitative estimate of drug-likeness (QED) is 0.508. The summed E-state index contributed by atoms with van der Waals surface area (Å²) < 4.78 is 5.22. The van der Waals surface area contributed by atoms with Gasteiger partial charge in [0.25, 0.3) is 11.8 Å². The van der Waals surface area contributed by atoms with E-state index in [4.69, 9.17) is 10.5 Å². The van der Waals surface area contributed by atoms with Crippen molar-refractivity contribution in [1.29, 1.82) is 0 Å². The van der Waals surface area contributed by atoms with Crippen LogP contribution in [0.25, 0.3) is 0 Å². The number of carbonyl (C=O) groups is 2. The van der Waals surface area contributed by atoms with Gasteiger partial charge < -0.3 is 21.1 Å². The standard InChI is InChI=1S/C13H17N3O3/c1-3-6-16-13(18)9-4-5-11(10(14)7-9)19-8-12(17)15-2/h3-5,7H,1,6,8,14H2,2H3,(H,15,17)(H,16,18). The average molecular weight is 263 g/mol. The molecule has 6 nitrogen and oxygen atoms in total. The molecular formula is C13H17N3O3. The summed E-state index contributed by atoms with van der Waals surface area (Å²) in [6.45, 7) is 3.77. The Morgan fingerprint density at radius 1 is 1.47 bits per heavy atom. The largest absolute Gasteiger partial charge is 0.482 e. The second-order valence-corrected chi connectivity index (χ2v) is 3.71. The summed E-state index contributed by atoms with van der Waals surface area (Å²) in [6.07, 6.45) is 1.59. The first-order chi connectivity index (χ1) is 9.08. The number of carbonyl (C=O) groups excluding carboxylic acids is 2. The highest BCUT2D eigenvalue weighted by Crippen LogP contribution is 2.22. The number of nitrogens with one attached hydrogen (secondary N) is 2. The second-order valence-electron chi connectivity index (χ2n) is 3.71. The zero-order valence-electron chi connectivity index (χ0n) is 10.7. The summed E-state index contributed by atoms with van der Waals surface area (Å²) in [5.41, 5.74) is 6.48. The summed E-state index contributed by atoms with van der Waals surface area (Å²) in [7, 11) is 1.52. The van der Waals surface area contributed by atoms with E-state index >= 15 is 0 Å². The van der Waals surface area contributed by atoms with Crippen LogP contribution in [0.3, 0.4) is 0 Å². The van der Waals surface area contributed by atoms with Crippen molar-refractivity contribution in [2.75, 3.05) is 25.9 Å². The molecule has 19 heavy (non-hydrogen) atoms. The Morgan fingerprint density at radius 3 is 2.79 bits per heavy atom. The van der Waals surface area contributed by atoms with Crippen molar-refractivity contribution < 1.29 is 14.3 Å². The van der Waals surface area contributed by atoms with Crippen molar-refractivity contribution in [2.45, 2.75) is 0 Å². The number of nitrogens with two attached hydrogens (primary N) is 1. The Labute approximate surface area is 111 Å². The molecule has 0 fully saturated rings. The maximum absolute atomic E-state index is 11.7. The number of likely N-dealkylation sites (N-methyl/N-ethyl adjacent to an activating group) is 1. The highest BCUT2D eigenvalue weighted by atomic mass is 16.5. The molecule has 4 N–H and O–H groups in total. The van der Waals surface area contributed by atoms with Crippen LogP contribution in [0.4, 0.5) is 5.69 Å². The van der Waals surface area contributed by atoms with E-state index in [9.17, 15) is 9.59 Å². The number of ether oxygens (including phenoxy) is 1. The predicted octanol–water partition coefficient (Wildman–Crippen LogP) is 0.309. The van der Waals surface area contributed by atoms with E-state index in [1.807, 2.05) is 0 Å². The first-order valence-electron chi connectivity index (χ1n) is 5.70. The van der Waals surface area contributed by atoms with E-state index in [2.05, 4.69) is 17.2 Å². The molecule has 0 saturated heterocycles. The van der Waals surface area contributed by atoms with Gasteiger partial charge in [-0.15, -0.1) is 6.58 Å². The Balaban J connectivity index is 2.71. The third kappa shape index (κ3) is 4.34. The van der Waals surface area contributed by atoms with E-state index in [1.54, 1.807) is 18.2 Å². The Morgan fingerprint density at radius 2 is 2.21 bits per heavy atom. The molecule has 1 aromatic carbocycles. The van der Waals surface area contributed by atoms with E-state index in [1.165, 1.54) is 13.1 Å². The van der Waals surface area contributed by atoms with Crippen molar-refractivity contribution in [2.24, 2.45) is 0 Å². The summed E-state index contributed by atoms with van der Waals surface area (Å²) in [6, 6.07) is 4.63. The Bertz CT molecular complexity index is 486. The highest BCUT2D eigenvalue weighted by Gasteiger charge is 2.09. The fraction of sp³-hybridized carbons (Fsp3) is 0.231. The summed E-state index contributed by atoms with van der Waals surface area (Å²) in [5.74, 6) is -0.138. The van der Waals surface area contributed by atoms with Gasteiger partial charge in [-0.25, -0.2) is 0 Å². The Kier molecular flexibility index (Phi) is 5.40. The lowest BCUT2D eigenvalue weighted by Gasteiger charge is -2.09. The van der Waals surface area contributed by atoms with Gasteiger partial charge in [-0.1, -0.05) is 6.08 Å². The minimum absolute atomic E-state index is 0.122. The van der Waals surface area contributed by atoms with Crippen molar-refractivity contribution in [3.8, 4) is 5.75 Å². The molecule has 6 heteroatoms. The van der Waals surface area contributed by atoms with Gasteiger partial charge in [-0.3, -0.25) is 9.59 Å². The van der Waals surface area contributed by atoms with E-state index in [-0.39, 0.29) is 18.4 Å². The van der Waals surface area contributed by atoms with Gasteiger partial charge in [0.2, 0.25) is 0 Å². The van der Waals surface area contributed by atoms with Crippen LogP contribution in [0.15, 0.2) is 30.9 Å². The molecule has 0 aliphatic heterocycles. The van der Waals surface area contributed by atoms with Gasteiger partial charge in [-0.2, -0.15) is 0 Å². The highest BCUT2D eigenvalue weighted by molar-refractivity contribution is 5.95. The van der Waals surface area contributed by atoms with Crippen molar-refractivity contribution >= 4 is 17.5 Å². The van der Waals surface area contributed by atoms with E-state index in [0.717, 1.165) is 0 Å². The molecule has 1 aromatic rings. The maximum atomic E-state index is 11.7. The summed E-state index contributed by atoms with van der Waals surface area (Å²) in [5, 5.41) is 5.07. The molecule has 0 aromatic heterocycles. The van der Waals surface area contributed by atoms with Crippen LogP contribution in [0, 0.1) is 0 Å². The average Bonchev–Trinajstić information content (AvgIpc) is 2.42. The number of benzene rings is 1. The summed E-state index contributed by atoms with van der Waals surface area (Å²) >= 11 is 0. The minimum atomic E-state index is -0.257. The topological polar surface area (TPSA) is 93.4 Å². The molecule has 0 spiro atoms. The lowest BCUT2D eigenvalue weighted by Crippen LogP contribution is -2.25. The number of hydrogen-bond donors (Lipinski definition) is 3. The van der Waals surface area contributed by atoms with Gasteiger partial charge in [-0.05, 0) is 18.2 Å². The second kappa shape index (κ2) is 7.05. The van der Waals surface area contributed by atoms with Gasteiger partial charge >= 0.3 is 0 Å². The number of nitrogen functional groups attached to an aromatic ring is 1. The third-order valence-corrected chi connectivity index (χ3v) is 2.32. The fourth-order valence-corrected chi connectivity index (χ4v) is 1.30. The lowest BCUT2D eigenvalue weighted by molar-refractivity contribution is -0.122. The lowest BCUT2D eigenvalue weighted by atomic mass is 10.1. The first kappa shape index (κ1) is 14.6. The molecule has 0 aliphatic rings. The fourth-order valence-electron chi connectivity index (χ4n) is 1.30. The van der Waals surface area contributed by atoms with Gasteiger partial charge in [0.15, 0.2) is 6.61 Å². The zero-order valence-corrected chi connectivity index (χ0v) is 10.7. The van der Waals surface area contributed by atoms with Crippen LogP contribution in [0.5, 0.6) is 5.75 Å². The smallest absolute Gasteiger partial charge is 0.257 e. The molecule has 1 rings (SSSR count). The molecule has 0 unspecified atom stereocenters. The molecule has 0 bridgehead atoms. The van der Waals surface area contributed by atoms with Crippen LogP contribution < -0.4 is 21.1 Å². The molecule has 0 atom stereocenters. The van der Waals surface area contributed by atoms with Crippen molar-refractivity contribution in [3.05, 3.63) is 36.4 Å². The van der Waals surface area contributed by atoms with Crippen LogP contribution in [-0.4, -0.2) is 32.0 Å². The normalized spacial score (nSPS) is 9.53. The molecule has 0 saturated carbocycles. The first-order valence-corrected chi connectivity index (χ1v) is 5.70. The number of hydrogen-bond acceptors (Lipinski definition) is 4. The van der Waals surface area contributed by atoms with Gasteiger partial charge in [0.1, 0.15) is 5.75 Å². The monoisotopic (exact) mass is 263 g/mol. The summed E-state index contributed by atoms with van der Waals surface area (Å²) in [4.78, 5) is 22.7. The number of amides is 2. The predicted molar refractivity (Wildman–Crippen MR) is 72.9 cm³/mol. The molecule has 2 amide bonds. The van der Waals surface area contributed by atoms with Gasteiger partial charge in [0.05, 0.1) is 5.69 Å². The molecule has 0 aliphatic carbocycles. The van der Waals surface area contributed by atoms with Crippen molar-refractivity contribution in [3.63, 3.8) is 0 Å². The third-order valence-electron chi connectivity index (χ3n) is 2.32. The van der Waals surface area contributed by atoms with E-state index in [0.29, 0.717) is 23.5 Å². The van der Waals surface area contributed by atoms with Crippen LogP contribution in [0.1, 0.15) is 10.4 Å². The SMILES string of the molecule is C=CCNC(=O)c1ccc(OCC(=O)NC)c(N)c1. The van der Waals surface area contributed by atoms with Crippen molar-refractivity contribution in [1.82, 2.24) is 10.6 Å². The molecular weight excluding hydrogens is 246 g/mol. The maximum Gasteiger partial charge on any atom is 0.257 e. The van der Waals surface area contributed by atoms with Crippen LogP contribution >= 0.6 is 0 Å². The van der Waals surface area contributed by atoms with E-state index < -0.39 is 0 Å². The van der Waals surface area contributed by atoms with Crippen LogP contribution in [0.2, 0.25) is 0 Å². The van der Waals surface area contributed by atoms with Gasteiger partial charge in [0, 0.05) is 19.2 Å². The van der Waals surface area contributed by atoms with Crippen LogP contribution in [-0.2, 0) is 4.79 Å². The Hall–Kier alpha value is -2.50.